The number of nitrogens with zero attached hydrogens (tertiary/aromatic N) is 6. The molecule has 0 bridgehead atoms. The topological polar surface area (TPSA) is 75.5 Å². The van der Waals surface area contributed by atoms with E-state index in [9.17, 15) is 0 Å². The number of H-pyrrole nitrogens is 1. The zero-order chi connectivity index (χ0) is 14.7. The minimum atomic E-state index is 0.287. The Morgan fingerprint density at radius 1 is 1.38 bits per heavy atom. The molecule has 1 atom stereocenters. The van der Waals surface area contributed by atoms with Gasteiger partial charge in [-0.25, -0.2) is 14.6 Å². The molecule has 7 heteroatoms. The molecule has 0 aliphatic carbocycles. The lowest BCUT2D eigenvalue weighted by Gasteiger charge is -2.33. The molecular weight excluding hydrogens is 266 g/mol. The van der Waals surface area contributed by atoms with Crippen molar-refractivity contribution < 1.29 is 0 Å². The second-order valence-corrected chi connectivity index (χ2v) is 5.66. The fourth-order valence-electron chi connectivity index (χ4n) is 2.97. The largest absolute Gasteiger partial charge is 0.286 e. The van der Waals surface area contributed by atoms with Gasteiger partial charge in [0.2, 0.25) is 0 Å². The lowest BCUT2D eigenvalue weighted by Crippen LogP contribution is -2.34. The third kappa shape index (κ3) is 3.12. The number of hydrogen-bond donors (Lipinski definition) is 1. The molecule has 1 N–H and O–H groups in total. The van der Waals surface area contributed by atoms with Gasteiger partial charge in [-0.1, -0.05) is 13.3 Å². The molecule has 0 spiro atoms. The number of hydrogen-bond acceptors (Lipinski definition) is 5. The molecule has 3 rings (SSSR count). The highest BCUT2D eigenvalue weighted by molar-refractivity contribution is 4.99. The second-order valence-electron chi connectivity index (χ2n) is 5.66. The molecule has 0 saturated carbocycles. The van der Waals surface area contributed by atoms with Crippen molar-refractivity contribution in [2.45, 2.75) is 58.7 Å². The average Bonchev–Trinajstić information content (AvgIpc) is 3.10. The van der Waals surface area contributed by atoms with Crippen LogP contribution in [0.5, 0.6) is 0 Å². The zero-order valence-electron chi connectivity index (χ0n) is 12.8. The summed E-state index contributed by atoms with van der Waals surface area (Å²) < 4.78 is 2.01. The van der Waals surface area contributed by atoms with E-state index in [0.29, 0.717) is 0 Å². The summed E-state index contributed by atoms with van der Waals surface area (Å²) in [4.78, 5) is 11.4. The van der Waals surface area contributed by atoms with E-state index in [4.69, 9.17) is 0 Å². The molecule has 114 valence electrons. The van der Waals surface area contributed by atoms with Gasteiger partial charge in [0, 0.05) is 6.54 Å². The van der Waals surface area contributed by atoms with Crippen LogP contribution >= 0.6 is 0 Å². The smallest absolute Gasteiger partial charge is 0.167 e. The Bertz CT molecular complexity index is 573. The van der Waals surface area contributed by atoms with Crippen molar-refractivity contribution in [2.75, 3.05) is 6.54 Å². The van der Waals surface area contributed by atoms with E-state index in [0.717, 1.165) is 49.9 Å². The first-order chi connectivity index (χ1) is 10.3. The average molecular weight is 289 g/mol. The van der Waals surface area contributed by atoms with Gasteiger partial charge >= 0.3 is 0 Å². The number of aryl methyl sites for hydroxylation is 2. The van der Waals surface area contributed by atoms with Crippen LogP contribution in [0.2, 0.25) is 0 Å². The Labute approximate surface area is 124 Å². The first-order valence-electron chi connectivity index (χ1n) is 7.77. The van der Waals surface area contributed by atoms with E-state index in [1.807, 2.05) is 11.6 Å². The molecule has 2 aromatic heterocycles. The third-order valence-corrected chi connectivity index (χ3v) is 4.00. The van der Waals surface area contributed by atoms with Crippen LogP contribution in [0.25, 0.3) is 0 Å². The van der Waals surface area contributed by atoms with Gasteiger partial charge in [0.25, 0.3) is 0 Å². The normalized spacial score (nSPS) is 20.0. The molecule has 0 radical (unpaired) electrons. The summed E-state index contributed by atoms with van der Waals surface area (Å²) in [6.07, 6.45) is 6.29. The summed E-state index contributed by atoms with van der Waals surface area (Å²) in [5, 5.41) is 11.6. The van der Waals surface area contributed by atoms with E-state index in [-0.39, 0.29) is 6.04 Å². The lowest BCUT2D eigenvalue weighted by molar-refractivity contribution is 0.128. The molecule has 1 saturated heterocycles. The van der Waals surface area contributed by atoms with Crippen molar-refractivity contribution in [2.24, 2.45) is 0 Å². The number of likely N-dealkylation sites (tertiary alicyclic amines) is 1. The third-order valence-electron chi connectivity index (χ3n) is 4.00. The predicted molar refractivity (Wildman–Crippen MR) is 78.4 cm³/mol. The highest BCUT2D eigenvalue weighted by Gasteiger charge is 2.28. The van der Waals surface area contributed by atoms with E-state index >= 15 is 0 Å². The van der Waals surface area contributed by atoms with Crippen LogP contribution in [0, 0.1) is 6.92 Å². The van der Waals surface area contributed by atoms with Crippen molar-refractivity contribution in [3.8, 4) is 0 Å². The highest BCUT2D eigenvalue weighted by Crippen LogP contribution is 2.29. The molecule has 1 aliphatic rings. The molecule has 1 fully saturated rings. The molecule has 3 heterocycles. The van der Waals surface area contributed by atoms with Crippen LogP contribution in [0.4, 0.5) is 0 Å². The highest BCUT2D eigenvalue weighted by atomic mass is 15.4. The van der Waals surface area contributed by atoms with Crippen molar-refractivity contribution in [3.05, 3.63) is 23.8 Å². The fourth-order valence-corrected chi connectivity index (χ4v) is 2.97. The van der Waals surface area contributed by atoms with Crippen molar-refractivity contribution >= 4 is 0 Å². The van der Waals surface area contributed by atoms with Gasteiger partial charge in [-0.2, -0.15) is 10.2 Å². The summed E-state index contributed by atoms with van der Waals surface area (Å²) in [6.45, 7) is 6.91. The molecule has 1 unspecified atom stereocenters. The van der Waals surface area contributed by atoms with E-state index in [2.05, 4.69) is 37.1 Å². The first kappa shape index (κ1) is 14.2. The maximum absolute atomic E-state index is 4.52. The van der Waals surface area contributed by atoms with Crippen molar-refractivity contribution in [1.82, 2.24) is 34.8 Å². The second kappa shape index (κ2) is 6.34. The zero-order valence-corrected chi connectivity index (χ0v) is 12.8. The lowest BCUT2D eigenvalue weighted by atomic mass is 10.0. The fraction of sp³-hybridized carbons (Fsp3) is 0.714. The van der Waals surface area contributed by atoms with Gasteiger partial charge in [-0.3, -0.25) is 10.00 Å². The van der Waals surface area contributed by atoms with Crippen LogP contribution in [0.15, 0.2) is 6.33 Å². The van der Waals surface area contributed by atoms with Crippen molar-refractivity contribution in [3.63, 3.8) is 0 Å². The quantitative estimate of drug-likeness (QED) is 0.909. The van der Waals surface area contributed by atoms with Crippen molar-refractivity contribution in [1.29, 1.82) is 0 Å². The van der Waals surface area contributed by atoms with Crippen LogP contribution in [-0.4, -0.2) is 41.4 Å². The standard InChI is InChI=1S/C14H23N7/c1-3-7-21-13(15-10-16-21)9-20-8-5-4-6-12(20)14-17-11(2)18-19-14/h10,12H,3-9H2,1-2H3,(H,17,18,19). The Morgan fingerprint density at radius 2 is 2.29 bits per heavy atom. The molecule has 1 aliphatic heterocycles. The Kier molecular flexibility index (Phi) is 4.28. The van der Waals surface area contributed by atoms with Gasteiger partial charge in [0.05, 0.1) is 12.6 Å². The molecular formula is C14H23N7. The Balaban J connectivity index is 1.76. The summed E-state index contributed by atoms with van der Waals surface area (Å²) in [7, 11) is 0. The summed E-state index contributed by atoms with van der Waals surface area (Å²) >= 11 is 0. The monoisotopic (exact) mass is 289 g/mol. The van der Waals surface area contributed by atoms with Crippen LogP contribution in [0.3, 0.4) is 0 Å². The van der Waals surface area contributed by atoms with Gasteiger partial charge in [0.1, 0.15) is 18.0 Å². The predicted octanol–water partition coefficient (Wildman–Crippen LogP) is 1.84. The molecule has 21 heavy (non-hydrogen) atoms. The number of aromatic nitrogens is 6. The molecule has 0 aromatic carbocycles. The summed E-state index contributed by atoms with van der Waals surface area (Å²) in [5.41, 5.74) is 0. The number of nitrogens with one attached hydrogen (secondary N) is 1. The maximum atomic E-state index is 4.52. The number of rotatable bonds is 5. The van der Waals surface area contributed by atoms with Crippen LogP contribution in [-0.2, 0) is 13.1 Å². The van der Waals surface area contributed by atoms with Crippen LogP contribution < -0.4 is 0 Å². The number of piperidine rings is 1. The number of aromatic amines is 1. The minimum Gasteiger partial charge on any atom is -0.286 e. The Morgan fingerprint density at radius 3 is 3.05 bits per heavy atom. The summed E-state index contributed by atoms with van der Waals surface area (Å²) in [5.74, 6) is 2.83. The minimum absolute atomic E-state index is 0.287. The molecule has 0 amide bonds. The Hall–Kier alpha value is -1.76. The van der Waals surface area contributed by atoms with Gasteiger partial charge in [0.15, 0.2) is 5.82 Å². The SMILES string of the molecule is CCCn1ncnc1CN1CCCCC1c1n[nH]c(C)n1. The van der Waals surface area contributed by atoms with E-state index < -0.39 is 0 Å². The van der Waals surface area contributed by atoms with Crippen LogP contribution in [0.1, 0.15) is 56.1 Å². The van der Waals surface area contributed by atoms with Gasteiger partial charge < -0.3 is 0 Å². The molecule has 7 nitrogen and oxygen atoms in total. The maximum Gasteiger partial charge on any atom is 0.167 e. The summed E-state index contributed by atoms with van der Waals surface area (Å²) in [6, 6.07) is 0.287. The first-order valence-corrected chi connectivity index (χ1v) is 7.77. The van der Waals surface area contributed by atoms with Gasteiger partial charge in [-0.15, -0.1) is 0 Å². The van der Waals surface area contributed by atoms with E-state index in [1.165, 1.54) is 12.8 Å². The van der Waals surface area contributed by atoms with Gasteiger partial charge in [-0.05, 0) is 32.7 Å². The molecule has 2 aromatic rings. The van der Waals surface area contributed by atoms with E-state index in [1.54, 1.807) is 6.33 Å².